The van der Waals surface area contributed by atoms with E-state index in [-0.39, 0.29) is 16.5 Å². The summed E-state index contributed by atoms with van der Waals surface area (Å²) in [6.45, 7) is 2.41. The van der Waals surface area contributed by atoms with Crippen LogP contribution in [0, 0.1) is 5.92 Å². The first-order valence-electron chi connectivity index (χ1n) is 6.48. The van der Waals surface area contributed by atoms with Gasteiger partial charge < -0.3 is 15.6 Å². The molecule has 3 N–H and O–H groups in total. The maximum absolute atomic E-state index is 12.5. The van der Waals surface area contributed by atoms with Gasteiger partial charge >= 0.3 is 0 Å². The Balaban J connectivity index is 2.27. The zero-order valence-corrected chi connectivity index (χ0v) is 12.4. The normalized spacial score (nSPS) is 21.9. The predicted octanol–water partition coefficient (Wildman–Crippen LogP) is 0.669. The van der Waals surface area contributed by atoms with Crippen molar-refractivity contribution in [2.24, 2.45) is 5.92 Å². The number of hydrogen-bond acceptors (Lipinski definition) is 5. The molecule has 0 bridgehead atoms. The molecule has 1 aromatic rings. The first-order chi connectivity index (χ1) is 9.36. The van der Waals surface area contributed by atoms with Crippen molar-refractivity contribution in [1.29, 1.82) is 0 Å². The monoisotopic (exact) mass is 300 g/mol. The van der Waals surface area contributed by atoms with Crippen LogP contribution in [0.1, 0.15) is 13.3 Å². The molecule has 112 valence electrons. The van der Waals surface area contributed by atoms with Crippen LogP contribution in [0.15, 0.2) is 23.1 Å². The van der Waals surface area contributed by atoms with Gasteiger partial charge in [0, 0.05) is 19.2 Å². The Hall–Kier alpha value is -1.31. The number of aliphatic hydroxyl groups excluding tert-OH is 1. The highest BCUT2D eigenvalue weighted by Gasteiger charge is 2.35. The molecule has 0 aromatic heterocycles. The molecule has 20 heavy (non-hydrogen) atoms. The molecule has 0 amide bonds. The molecule has 1 saturated heterocycles. The number of hydrogen-bond donors (Lipinski definition) is 2. The van der Waals surface area contributed by atoms with Crippen LogP contribution in [0.2, 0.25) is 0 Å². The molecule has 1 heterocycles. The number of benzene rings is 1. The van der Waals surface area contributed by atoms with Crippen LogP contribution in [-0.2, 0) is 10.0 Å². The quantitative estimate of drug-likeness (QED) is 0.797. The van der Waals surface area contributed by atoms with E-state index in [1.54, 1.807) is 13.0 Å². The number of nitrogens with two attached hydrogens (primary N) is 1. The van der Waals surface area contributed by atoms with Crippen LogP contribution >= 0.6 is 0 Å². The van der Waals surface area contributed by atoms with Gasteiger partial charge in [0.1, 0.15) is 10.6 Å². The highest BCUT2D eigenvalue weighted by molar-refractivity contribution is 7.89. The predicted molar refractivity (Wildman–Crippen MR) is 76.0 cm³/mol. The third-order valence-electron chi connectivity index (χ3n) is 3.70. The van der Waals surface area contributed by atoms with E-state index in [0.29, 0.717) is 25.3 Å². The standard InChI is InChI=1S/C13H20N2O4S/c1-9(16)10-5-6-15(8-10)20(17,18)13-4-3-11(19-2)7-12(13)14/h3-4,7,9-10,16H,5-6,8,14H2,1-2H3. The maximum atomic E-state index is 12.5. The molecule has 7 heteroatoms. The lowest BCUT2D eigenvalue weighted by molar-refractivity contribution is 0.133. The van der Waals surface area contributed by atoms with E-state index in [4.69, 9.17) is 10.5 Å². The van der Waals surface area contributed by atoms with Crippen LogP contribution in [0.25, 0.3) is 0 Å². The number of nitrogens with zero attached hydrogens (tertiary/aromatic N) is 1. The van der Waals surface area contributed by atoms with Crippen LogP contribution in [-0.4, -0.2) is 44.1 Å². The van der Waals surface area contributed by atoms with Crippen LogP contribution in [0.4, 0.5) is 5.69 Å². The van der Waals surface area contributed by atoms with Gasteiger partial charge in [-0.3, -0.25) is 0 Å². The summed E-state index contributed by atoms with van der Waals surface area (Å²) in [5.41, 5.74) is 5.98. The lowest BCUT2D eigenvalue weighted by Crippen LogP contribution is -2.31. The molecular formula is C13H20N2O4S. The average molecular weight is 300 g/mol. The highest BCUT2D eigenvalue weighted by atomic mass is 32.2. The van der Waals surface area contributed by atoms with Crippen molar-refractivity contribution >= 4 is 15.7 Å². The first-order valence-corrected chi connectivity index (χ1v) is 7.92. The second kappa shape index (κ2) is 5.59. The molecule has 0 saturated carbocycles. The smallest absolute Gasteiger partial charge is 0.245 e. The van der Waals surface area contributed by atoms with Gasteiger partial charge in [-0.05, 0) is 31.4 Å². The van der Waals surface area contributed by atoms with E-state index in [1.807, 2.05) is 0 Å². The molecular weight excluding hydrogens is 280 g/mol. The van der Waals surface area contributed by atoms with Crippen molar-refractivity contribution in [1.82, 2.24) is 4.31 Å². The Kier molecular flexibility index (Phi) is 4.22. The van der Waals surface area contributed by atoms with Gasteiger partial charge in [0.15, 0.2) is 0 Å². The topological polar surface area (TPSA) is 92.9 Å². The summed E-state index contributed by atoms with van der Waals surface area (Å²) in [6, 6.07) is 4.53. The Morgan fingerprint density at radius 2 is 2.20 bits per heavy atom. The number of nitrogen functional groups attached to an aromatic ring is 1. The SMILES string of the molecule is COc1ccc(S(=O)(=O)N2CCC(C(C)O)C2)c(N)c1. The lowest BCUT2D eigenvalue weighted by Gasteiger charge is -2.19. The van der Waals surface area contributed by atoms with Gasteiger partial charge in [0.05, 0.1) is 18.9 Å². The van der Waals surface area contributed by atoms with Crippen molar-refractivity contribution in [3.63, 3.8) is 0 Å². The van der Waals surface area contributed by atoms with Crippen molar-refractivity contribution in [3.8, 4) is 5.75 Å². The number of ether oxygens (including phenoxy) is 1. The molecule has 6 nitrogen and oxygen atoms in total. The Bertz CT molecular complexity index is 586. The second-order valence-electron chi connectivity index (χ2n) is 5.06. The summed E-state index contributed by atoms with van der Waals surface area (Å²) in [5.74, 6) is 0.494. The molecule has 0 aliphatic carbocycles. The number of sulfonamides is 1. The second-order valence-corrected chi connectivity index (χ2v) is 6.96. The maximum Gasteiger partial charge on any atom is 0.245 e. The number of methoxy groups -OCH3 is 1. The van der Waals surface area contributed by atoms with Crippen LogP contribution < -0.4 is 10.5 Å². The average Bonchev–Trinajstić information content (AvgIpc) is 2.88. The van der Waals surface area contributed by atoms with E-state index in [1.165, 1.54) is 23.5 Å². The van der Waals surface area contributed by atoms with Gasteiger partial charge in [0.25, 0.3) is 0 Å². The summed E-state index contributed by atoms with van der Waals surface area (Å²) in [7, 11) is -2.12. The van der Waals surface area contributed by atoms with Gasteiger partial charge in [-0.1, -0.05) is 0 Å². The van der Waals surface area contributed by atoms with Crippen molar-refractivity contribution in [2.45, 2.75) is 24.3 Å². The van der Waals surface area contributed by atoms with Crippen LogP contribution in [0.3, 0.4) is 0 Å². The molecule has 1 aromatic carbocycles. The summed E-state index contributed by atoms with van der Waals surface area (Å²) in [6.07, 6.45) is 0.149. The Morgan fingerprint density at radius 3 is 2.70 bits per heavy atom. The largest absolute Gasteiger partial charge is 0.497 e. The van der Waals surface area contributed by atoms with Gasteiger partial charge in [0.2, 0.25) is 10.0 Å². The minimum absolute atomic E-state index is 0.0238. The minimum atomic E-state index is -3.62. The van der Waals surface area contributed by atoms with E-state index in [9.17, 15) is 13.5 Å². The fraction of sp³-hybridized carbons (Fsp3) is 0.538. The third-order valence-corrected chi connectivity index (χ3v) is 5.64. The number of rotatable bonds is 4. The van der Waals surface area contributed by atoms with E-state index < -0.39 is 16.1 Å². The molecule has 2 atom stereocenters. The molecule has 1 fully saturated rings. The molecule has 2 rings (SSSR count). The molecule has 2 unspecified atom stereocenters. The summed E-state index contributed by atoms with van der Waals surface area (Å²) >= 11 is 0. The highest BCUT2D eigenvalue weighted by Crippen LogP contribution is 2.30. The minimum Gasteiger partial charge on any atom is -0.497 e. The number of anilines is 1. The fourth-order valence-corrected chi connectivity index (χ4v) is 4.00. The molecule has 0 spiro atoms. The van der Waals surface area contributed by atoms with Gasteiger partial charge in [-0.25, -0.2) is 8.42 Å². The molecule has 0 radical (unpaired) electrons. The van der Waals surface area contributed by atoms with Crippen molar-refractivity contribution < 1.29 is 18.3 Å². The van der Waals surface area contributed by atoms with Gasteiger partial charge in [-0.15, -0.1) is 0 Å². The zero-order valence-electron chi connectivity index (χ0n) is 11.6. The first kappa shape index (κ1) is 15.1. The summed E-state index contributed by atoms with van der Waals surface area (Å²) < 4.78 is 31.5. The van der Waals surface area contributed by atoms with Crippen LogP contribution in [0.5, 0.6) is 5.75 Å². The summed E-state index contributed by atoms with van der Waals surface area (Å²) in [4.78, 5) is 0.0875. The van der Waals surface area contributed by atoms with Crippen molar-refractivity contribution in [3.05, 3.63) is 18.2 Å². The zero-order chi connectivity index (χ0) is 14.9. The van der Waals surface area contributed by atoms with E-state index >= 15 is 0 Å². The van der Waals surface area contributed by atoms with E-state index in [0.717, 1.165) is 0 Å². The van der Waals surface area contributed by atoms with E-state index in [2.05, 4.69) is 0 Å². The van der Waals surface area contributed by atoms with Gasteiger partial charge in [-0.2, -0.15) is 4.31 Å². The summed E-state index contributed by atoms with van der Waals surface area (Å²) in [5, 5.41) is 9.57. The lowest BCUT2D eigenvalue weighted by atomic mass is 10.0. The Labute approximate surface area is 119 Å². The molecule has 1 aliphatic rings. The Morgan fingerprint density at radius 1 is 1.50 bits per heavy atom. The third kappa shape index (κ3) is 2.74. The van der Waals surface area contributed by atoms with Crippen molar-refractivity contribution in [2.75, 3.05) is 25.9 Å². The fourth-order valence-electron chi connectivity index (χ4n) is 2.39. The molecule has 1 aliphatic heterocycles. The number of aliphatic hydroxyl groups is 1.